The molecular formula is C21H27NO4. The second-order valence-corrected chi connectivity index (χ2v) is 6.35. The monoisotopic (exact) mass is 357 g/mol. The van der Waals surface area contributed by atoms with Crippen molar-refractivity contribution in [1.82, 2.24) is 0 Å². The Kier molecular flexibility index (Phi) is 7.48. The number of ether oxygens (including phenoxy) is 3. The maximum Gasteiger partial charge on any atom is 0.255 e. The molecule has 0 atom stereocenters. The average Bonchev–Trinajstić information content (AvgIpc) is 2.63. The van der Waals surface area contributed by atoms with Crippen LogP contribution in [-0.2, 0) is 11.3 Å². The molecule has 2 rings (SSSR count). The third-order valence-electron chi connectivity index (χ3n) is 3.68. The lowest BCUT2D eigenvalue weighted by atomic mass is 10.1. The third kappa shape index (κ3) is 5.77. The van der Waals surface area contributed by atoms with Crippen LogP contribution in [0.15, 0.2) is 42.5 Å². The smallest absolute Gasteiger partial charge is 0.255 e. The Morgan fingerprint density at radius 3 is 2.46 bits per heavy atom. The number of hydrogen-bond donors (Lipinski definition) is 1. The predicted octanol–water partition coefficient (Wildman–Crippen LogP) is 4.52. The molecule has 0 aromatic heterocycles. The van der Waals surface area contributed by atoms with Crippen LogP contribution in [0.4, 0.5) is 5.69 Å². The molecule has 5 heteroatoms. The summed E-state index contributed by atoms with van der Waals surface area (Å²) in [4.78, 5) is 12.5. The molecule has 0 saturated heterocycles. The Hall–Kier alpha value is -2.53. The molecule has 26 heavy (non-hydrogen) atoms. The average molecular weight is 357 g/mol. The predicted molar refractivity (Wildman–Crippen MR) is 103 cm³/mol. The second kappa shape index (κ2) is 9.82. The maximum absolute atomic E-state index is 12.5. The molecular weight excluding hydrogens is 330 g/mol. The Bertz CT molecular complexity index is 710. The van der Waals surface area contributed by atoms with Crippen molar-refractivity contribution in [1.29, 1.82) is 0 Å². The molecule has 0 aliphatic carbocycles. The van der Waals surface area contributed by atoms with E-state index in [0.29, 0.717) is 37.0 Å². The second-order valence-electron chi connectivity index (χ2n) is 6.35. The van der Waals surface area contributed by atoms with Crippen molar-refractivity contribution in [2.24, 2.45) is 5.92 Å². The van der Waals surface area contributed by atoms with Crippen LogP contribution in [-0.4, -0.2) is 26.2 Å². The highest BCUT2D eigenvalue weighted by molar-refractivity contribution is 6.04. The van der Waals surface area contributed by atoms with Crippen molar-refractivity contribution in [2.45, 2.75) is 27.4 Å². The van der Waals surface area contributed by atoms with Crippen molar-refractivity contribution >= 4 is 11.6 Å². The van der Waals surface area contributed by atoms with Crippen molar-refractivity contribution in [3.63, 3.8) is 0 Å². The number of hydrogen-bond acceptors (Lipinski definition) is 4. The number of carbonyl (C=O) groups is 1. The minimum Gasteiger partial charge on any atom is -0.497 e. The molecule has 0 spiro atoms. The largest absolute Gasteiger partial charge is 0.497 e. The Morgan fingerprint density at radius 2 is 1.85 bits per heavy atom. The highest BCUT2D eigenvalue weighted by Gasteiger charge is 2.12. The van der Waals surface area contributed by atoms with Crippen molar-refractivity contribution in [2.75, 3.05) is 25.6 Å². The minimum atomic E-state index is -0.177. The quantitative estimate of drug-likeness (QED) is 0.717. The maximum atomic E-state index is 12.5. The molecule has 1 amide bonds. The Balaban J connectivity index is 2.12. The third-order valence-corrected chi connectivity index (χ3v) is 3.68. The van der Waals surface area contributed by atoms with Crippen molar-refractivity contribution in [3.8, 4) is 11.5 Å². The van der Waals surface area contributed by atoms with E-state index in [0.717, 1.165) is 17.1 Å². The summed E-state index contributed by atoms with van der Waals surface area (Å²) in [6.45, 7) is 7.77. The summed E-state index contributed by atoms with van der Waals surface area (Å²) in [7, 11) is 1.61. The fraction of sp³-hybridized carbons (Fsp3) is 0.381. The van der Waals surface area contributed by atoms with Crippen LogP contribution < -0.4 is 14.8 Å². The van der Waals surface area contributed by atoms with E-state index >= 15 is 0 Å². The van der Waals surface area contributed by atoms with Crippen LogP contribution in [0.2, 0.25) is 0 Å². The number of carbonyl (C=O) groups excluding carboxylic acids is 1. The Labute approximate surface area is 155 Å². The molecule has 0 saturated carbocycles. The molecule has 0 bridgehead atoms. The molecule has 140 valence electrons. The molecule has 2 aromatic rings. The highest BCUT2D eigenvalue weighted by atomic mass is 16.5. The number of rotatable bonds is 9. The van der Waals surface area contributed by atoms with E-state index in [1.165, 1.54) is 0 Å². The van der Waals surface area contributed by atoms with Gasteiger partial charge in [-0.1, -0.05) is 13.8 Å². The summed E-state index contributed by atoms with van der Waals surface area (Å²) in [5, 5.41) is 2.89. The molecule has 0 aliphatic rings. The summed E-state index contributed by atoms with van der Waals surface area (Å²) >= 11 is 0. The normalized spacial score (nSPS) is 10.7. The number of amides is 1. The van der Waals surface area contributed by atoms with E-state index in [4.69, 9.17) is 14.2 Å². The van der Waals surface area contributed by atoms with Crippen LogP contribution in [0.3, 0.4) is 0 Å². The van der Waals surface area contributed by atoms with Gasteiger partial charge in [0.25, 0.3) is 5.91 Å². The summed E-state index contributed by atoms with van der Waals surface area (Å²) < 4.78 is 16.5. The molecule has 2 aromatic carbocycles. The topological polar surface area (TPSA) is 56.8 Å². The van der Waals surface area contributed by atoms with Gasteiger partial charge in [0.2, 0.25) is 0 Å². The van der Waals surface area contributed by atoms with Crippen molar-refractivity contribution < 1.29 is 19.0 Å². The van der Waals surface area contributed by atoms with Gasteiger partial charge in [-0.05, 0) is 55.3 Å². The number of nitrogens with one attached hydrogen (secondary N) is 1. The van der Waals surface area contributed by atoms with Gasteiger partial charge in [0, 0.05) is 23.4 Å². The minimum absolute atomic E-state index is 0.177. The van der Waals surface area contributed by atoms with E-state index < -0.39 is 0 Å². The zero-order chi connectivity index (χ0) is 18.9. The first-order valence-corrected chi connectivity index (χ1v) is 8.82. The van der Waals surface area contributed by atoms with Gasteiger partial charge in [0.15, 0.2) is 0 Å². The lowest BCUT2D eigenvalue weighted by Gasteiger charge is -2.14. The van der Waals surface area contributed by atoms with Crippen molar-refractivity contribution in [3.05, 3.63) is 53.6 Å². The van der Waals surface area contributed by atoms with Crippen LogP contribution in [0.5, 0.6) is 11.5 Å². The van der Waals surface area contributed by atoms with Gasteiger partial charge in [0.05, 0.1) is 20.3 Å². The van der Waals surface area contributed by atoms with E-state index in [-0.39, 0.29) is 5.91 Å². The van der Waals surface area contributed by atoms with Gasteiger partial charge >= 0.3 is 0 Å². The van der Waals surface area contributed by atoms with E-state index in [9.17, 15) is 4.79 Å². The zero-order valence-corrected chi connectivity index (χ0v) is 15.9. The first kappa shape index (κ1) is 19.8. The standard InChI is InChI=1S/C21H27NO4/c1-5-26-20-11-6-16(12-17(20)14-25-13-15(2)3)21(23)22-18-7-9-19(24-4)10-8-18/h6-12,15H,5,13-14H2,1-4H3,(H,22,23). The van der Waals surface area contributed by atoms with E-state index in [1.54, 1.807) is 37.4 Å². The number of anilines is 1. The summed E-state index contributed by atoms with van der Waals surface area (Å²) in [6, 6.07) is 12.6. The molecule has 0 aliphatic heterocycles. The van der Waals surface area contributed by atoms with Gasteiger partial charge in [-0.3, -0.25) is 4.79 Å². The lowest BCUT2D eigenvalue weighted by molar-refractivity contribution is 0.0948. The molecule has 0 heterocycles. The molecule has 1 N–H and O–H groups in total. The number of methoxy groups -OCH3 is 1. The Morgan fingerprint density at radius 1 is 1.12 bits per heavy atom. The first-order chi connectivity index (χ1) is 12.5. The van der Waals surface area contributed by atoms with Gasteiger partial charge < -0.3 is 19.5 Å². The van der Waals surface area contributed by atoms with Crippen LogP contribution in [0, 0.1) is 5.92 Å². The molecule has 0 unspecified atom stereocenters. The first-order valence-electron chi connectivity index (χ1n) is 8.82. The van der Waals surface area contributed by atoms with E-state index in [1.807, 2.05) is 19.1 Å². The SMILES string of the molecule is CCOc1ccc(C(=O)Nc2ccc(OC)cc2)cc1COCC(C)C. The molecule has 5 nitrogen and oxygen atoms in total. The van der Waals surface area contributed by atoms with Crippen LogP contribution >= 0.6 is 0 Å². The lowest BCUT2D eigenvalue weighted by Crippen LogP contribution is -2.13. The summed E-state index contributed by atoms with van der Waals surface area (Å²) in [5.41, 5.74) is 2.14. The fourth-order valence-electron chi connectivity index (χ4n) is 2.41. The van der Waals surface area contributed by atoms with Crippen LogP contribution in [0.25, 0.3) is 0 Å². The van der Waals surface area contributed by atoms with Gasteiger partial charge in [-0.15, -0.1) is 0 Å². The fourth-order valence-corrected chi connectivity index (χ4v) is 2.41. The van der Waals surface area contributed by atoms with Gasteiger partial charge in [-0.2, -0.15) is 0 Å². The summed E-state index contributed by atoms with van der Waals surface area (Å²) in [5.74, 6) is 1.77. The van der Waals surface area contributed by atoms with Gasteiger partial charge in [-0.25, -0.2) is 0 Å². The summed E-state index contributed by atoms with van der Waals surface area (Å²) in [6.07, 6.45) is 0. The number of benzene rings is 2. The van der Waals surface area contributed by atoms with Crippen LogP contribution in [0.1, 0.15) is 36.7 Å². The van der Waals surface area contributed by atoms with E-state index in [2.05, 4.69) is 19.2 Å². The highest BCUT2D eigenvalue weighted by Crippen LogP contribution is 2.23. The molecule has 0 radical (unpaired) electrons. The van der Waals surface area contributed by atoms with Gasteiger partial charge in [0.1, 0.15) is 11.5 Å². The molecule has 0 fully saturated rings. The zero-order valence-electron chi connectivity index (χ0n) is 15.9.